The first kappa shape index (κ1) is 13.0. The van der Waals surface area contributed by atoms with Crippen molar-refractivity contribution in [2.24, 2.45) is 5.92 Å². The Hall–Kier alpha value is -0.490. The van der Waals surface area contributed by atoms with Gasteiger partial charge in [-0.2, -0.15) is 0 Å². The molecule has 2 aromatic rings. The van der Waals surface area contributed by atoms with Gasteiger partial charge in [0.1, 0.15) is 5.01 Å². The van der Waals surface area contributed by atoms with E-state index in [0.29, 0.717) is 11.8 Å². The second kappa shape index (κ2) is 5.91. The third kappa shape index (κ3) is 3.04. The molecule has 17 heavy (non-hydrogen) atoms. The largest absolute Gasteiger partial charge is 0.178 e. The van der Waals surface area contributed by atoms with E-state index in [1.807, 2.05) is 0 Å². The van der Waals surface area contributed by atoms with Crippen molar-refractivity contribution in [1.82, 2.24) is 10.2 Å². The lowest BCUT2D eigenvalue weighted by atomic mass is 9.86. The molecule has 90 valence electrons. The van der Waals surface area contributed by atoms with E-state index in [1.54, 1.807) is 11.3 Å². The fourth-order valence-corrected chi connectivity index (χ4v) is 3.57. The molecule has 0 radical (unpaired) electrons. The summed E-state index contributed by atoms with van der Waals surface area (Å²) < 4.78 is 1.02. The van der Waals surface area contributed by atoms with E-state index in [0.717, 1.165) is 14.4 Å². The summed E-state index contributed by atoms with van der Waals surface area (Å²) in [4.78, 5) is 0. The Labute approximate surface area is 120 Å². The van der Waals surface area contributed by atoms with Crippen LogP contribution in [-0.2, 0) is 0 Å². The molecule has 0 bridgehead atoms. The van der Waals surface area contributed by atoms with Gasteiger partial charge in [-0.25, -0.2) is 0 Å². The lowest BCUT2D eigenvalue weighted by Crippen LogP contribution is -2.10. The van der Waals surface area contributed by atoms with Crippen LogP contribution in [0.1, 0.15) is 36.8 Å². The molecule has 1 aromatic heterocycles. The number of hydrogen-bond donors (Lipinski definition) is 0. The third-order valence-corrected chi connectivity index (χ3v) is 4.72. The number of hydrogen-bond acceptors (Lipinski definition) is 3. The summed E-state index contributed by atoms with van der Waals surface area (Å²) in [6, 6.07) is 10.6. The van der Waals surface area contributed by atoms with Crippen LogP contribution in [0, 0.1) is 8.93 Å². The van der Waals surface area contributed by atoms with Crippen LogP contribution in [0.4, 0.5) is 0 Å². The molecule has 0 amide bonds. The van der Waals surface area contributed by atoms with Gasteiger partial charge in [-0.05, 0) is 34.1 Å². The van der Waals surface area contributed by atoms with Crippen LogP contribution in [0.3, 0.4) is 0 Å². The first-order valence-electron chi connectivity index (χ1n) is 5.76. The topological polar surface area (TPSA) is 25.8 Å². The van der Waals surface area contributed by atoms with Crippen molar-refractivity contribution < 1.29 is 0 Å². The maximum Gasteiger partial charge on any atom is 0.178 e. The molecule has 2 unspecified atom stereocenters. The van der Waals surface area contributed by atoms with Crippen LogP contribution in [0.5, 0.6) is 0 Å². The Morgan fingerprint density at radius 1 is 1.24 bits per heavy atom. The molecule has 2 rings (SSSR count). The van der Waals surface area contributed by atoms with Crippen molar-refractivity contribution in [3.63, 3.8) is 0 Å². The van der Waals surface area contributed by atoms with Crippen LogP contribution in [0.25, 0.3) is 0 Å². The van der Waals surface area contributed by atoms with Crippen molar-refractivity contribution in [1.29, 1.82) is 0 Å². The van der Waals surface area contributed by atoms with Gasteiger partial charge in [0.25, 0.3) is 0 Å². The fourth-order valence-electron chi connectivity index (χ4n) is 1.95. The summed E-state index contributed by atoms with van der Waals surface area (Å²) in [6.07, 6.45) is 1.15. The van der Waals surface area contributed by atoms with E-state index in [9.17, 15) is 0 Å². The van der Waals surface area contributed by atoms with E-state index in [2.05, 4.69) is 77.0 Å². The van der Waals surface area contributed by atoms with Crippen molar-refractivity contribution >= 4 is 33.9 Å². The Kier molecular flexibility index (Phi) is 4.50. The number of benzene rings is 1. The van der Waals surface area contributed by atoms with Crippen LogP contribution >= 0.6 is 33.9 Å². The zero-order valence-corrected chi connectivity index (χ0v) is 12.9. The molecule has 4 heteroatoms. The molecule has 0 saturated heterocycles. The lowest BCUT2D eigenvalue weighted by Gasteiger charge is -2.20. The normalized spacial score (nSPS) is 14.5. The highest BCUT2D eigenvalue weighted by Gasteiger charge is 2.23. The van der Waals surface area contributed by atoms with E-state index in [4.69, 9.17) is 0 Å². The van der Waals surface area contributed by atoms with Crippen LogP contribution in [-0.4, -0.2) is 10.2 Å². The van der Waals surface area contributed by atoms with Crippen LogP contribution in [0.15, 0.2) is 30.3 Å². The monoisotopic (exact) mass is 358 g/mol. The minimum atomic E-state index is 0.377. The van der Waals surface area contributed by atoms with Crippen molar-refractivity contribution in [2.45, 2.75) is 26.2 Å². The summed E-state index contributed by atoms with van der Waals surface area (Å²) >= 11 is 3.93. The predicted octanol–water partition coefficient (Wildman–Crippen LogP) is 4.32. The zero-order chi connectivity index (χ0) is 12.3. The van der Waals surface area contributed by atoms with E-state index < -0.39 is 0 Å². The van der Waals surface area contributed by atoms with Gasteiger partial charge in [0.15, 0.2) is 3.01 Å². The second-order valence-corrected chi connectivity index (χ2v) is 6.93. The van der Waals surface area contributed by atoms with Gasteiger partial charge in [-0.3, -0.25) is 0 Å². The van der Waals surface area contributed by atoms with Gasteiger partial charge in [0.2, 0.25) is 0 Å². The highest BCUT2D eigenvalue weighted by molar-refractivity contribution is 14.1. The highest BCUT2D eigenvalue weighted by Crippen LogP contribution is 2.35. The summed E-state index contributed by atoms with van der Waals surface area (Å²) in [6.45, 7) is 4.51. The molecule has 0 aliphatic rings. The van der Waals surface area contributed by atoms with Crippen LogP contribution in [0.2, 0.25) is 0 Å². The Morgan fingerprint density at radius 3 is 2.47 bits per heavy atom. The summed E-state index contributed by atoms with van der Waals surface area (Å²) in [5.41, 5.74) is 1.34. The average molecular weight is 358 g/mol. The molecule has 0 aliphatic carbocycles. The van der Waals surface area contributed by atoms with E-state index in [-0.39, 0.29) is 0 Å². The summed E-state index contributed by atoms with van der Waals surface area (Å²) in [5, 5.41) is 9.59. The Balaban J connectivity index is 2.39. The molecule has 0 saturated carbocycles. The third-order valence-electron chi connectivity index (χ3n) is 3.05. The van der Waals surface area contributed by atoms with Crippen molar-refractivity contribution in [3.05, 3.63) is 43.9 Å². The van der Waals surface area contributed by atoms with Gasteiger partial charge >= 0.3 is 0 Å². The van der Waals surface area contributed by atoms with Crippen LogP contribution < -0.4 is 0 Å². The summed E-state index contributed by atoms with van der Waals surface area (Å²) in [7, 11) is 0. The van der Waals surface area contributed by atoms with Gasteiger partial charge in [-0.1, -0.05) is 61.9 Å². The zero-order valence-electron chi connectivity index (χ0n) is 9.93. The maximum atomic E-state index is 4.32. The molecule has 2 atom stereocenters. The molecule has 2 nitrogen and oxygen atoms in total. The van der Waals surface area contributed by atoms with Gasteiger partial charge in [0.05, 0.1) is 0 Å². The quantitative estimate of drug-likeness (QED) is 0.761. The molecule has 0 N–H and O–H groups in total. The maximum absolute atomic E-state index is 4.32. The molecule has 1 aromatic carbocycles. The number of nitrogens with zero attached hydrogens (tertiary/aromatic N) is 2. The molecule has 1 heterocycles. The number of aromatic nitrogens is 2. The lowest BCUT2D eigenvalue weighted by molar-refractivity contribution is 0.492. The minimum absolute atomic E-state index is 0.377. The van der Waals surface area contributed by atoms with Crippen molar-refractivity contribution in [2.75, 3.05) is 0 Å². The van der Waals surface area contributed by atoms with Gasteiger partial charge in [-0.15, -0.1) is 10.2 Å². The molecular weight excluding hydrogens is 343 g/mol. The first-order valence-corrected chi connectivity index (χ1v) is 7.65. The van der Waals surface area contributed by atoms with E-state index in [1.165, 1.54) is 5.56 Å². The average Bonchev–Trinajstić information content (AvgIpc) is 2.77. The first-order chi connectivity index (χ1) is 8.22. The molecule has 0 aliphatic heterocycles. The predicted molar refractivity (Wildman–Crippen MR) is 80.4 cm³/mol. The second-order valence-electron chi connectivity index (χ2n) is 4.17. The van der Waals surface area contributed by atoms with Gasteiger partial charge < -0.3 is 0 Å². The fraction of sp³-hybridized carbons (Fsp3) is 0.385. The SMILES string of the molecule is CCC(C)C(c1ccccc1)c1nnc(I)s1. The van der Waals surface area contributed by atoms with Crippen molar-refractivity contribution in [3.8, 4) is 0 Å². The molecular formula is C13H15IN2S. The minimum Gasteiger partial charge on any atom is -0.142 e. The Morgan fingerprint density at radius 2 is 1.94 bits per heavy atom. The molecule has 0 spiro atoms. The van der Waals surface area contributed by atoms with E-state index >= 15 is 0 Å². The number of rotatable bonds is 4. The Bertz CT molecular complexity index is 469. The van der Waals surface area contributed by atoms with Gasteiger partial charge in [0, 0.05) is 5.92 Å². The molecule has 0 fully saturated rings. The standard InChI is InChI=1S/C13H15IN2S/c1-3-9(2)11(10-7-5-4-6-8-10)12-15-16-13(14)17-12/h4-9,11H,3H2,1-2H3. The summed E-state index contributed by atoms with van der Waals surface area (Å²) in [5.74, 6) is 0.961. The highest BCUT2D eigenvalue weighted by atomic mass is 127. The smallest absolute Gasteiger partial charge is 0.142 e. The number of halogens is 1.